The summed E-state index contributed by atoms with van der Waals surface area (Å²) in [6.07, 6.45) is 1.87. The summed E-state index contributed by atoms with van der Waals surface area (Å²) < 4.78 is 15.6. The van der Waals surface area contributed by atoms with Gasteiger partial charge in [-0.15, -0.1) is 11.3 Å². The molecule has 0 atom stereocenters. The van der Waals surface area contributed by atoms with E-state index in [9.17, 15) is 0 Å². The number of hydrogen-bond donors (Lipinski definition) is 0. The van der Waals surface area contributed by atoms with E-state index >= 15 is 0 Å². The number of thiophene rings is 1. The Morgan fingerprint density at radius 1 is 0.377 bits per heavy atom. The fourth-order valence-electron chi connectivity index (χ4n) is 8.79. The molecule has 53 heavy (non-hydrogen) atoms. The topological polar surface area (TPSA) is 26.3 Å². The molecule has 0 spiro atoms. The van der Waals surface area contributed by atoms with Crippen molar-refractivity contribution in [3.05, 3.63) is 170 Å². The number of hydrogen-bond acceptors (Lipinski definition) is 3. The van der Waals surface area contributed by atoms with Gasteiger partial charge >= 0.3 is 0 Å². The van der Waals surface area contributed by atoms with Gasteiger partial charge in [0.05, 0.1) is 11.6 Å². The Morgan fingerprint density at radius 3 is 1.85 bits per heavy atom. The maximum absolute atomic E-state index is 6.87. The molecule has 0 amide bonds. The van der Waals surface area contributed by atoms with E-state index in [0.717, 1.165) is 49.6 Å². The van der Waals surface area contributed by atoms with Crippen LogP contribution in [0.15, 0.2) is 179 Å². The van der Waals surface area contributed by atoms with E-state index in [1.807, 2.05) is 17.6 Å². The summed E-state index contributed by atoms with van der Waals surface area (Å²) >= 11 is 1.87. The summed E-state index contributed by atoms with van der Waals surface area (Å²) in [5, 5.41) is 13.2. The second-order valence-electron chi connectivity index (χ2n) is 14.0. The van der Waals surface area contributed by atoms with Crippen LogP contribution in [0.4, 0.5) is 0 Å². The minimum absolute atomic E-state index is 0.820. The zero-order valence-electron chi connectivity index (χ0n) is 28.4. The summed E-state index contributed by atoms with van der Waals surface area (Å²) in [6.45, 7) is 0. The molecule has 2 nitrogen and oxygen atoms in total. The van der Waals surface area contributed by atoms with Crippen LogP contribution in [-0.2, 0) is 0 Å². The van der Waals surface area contributed by atoms with Crippen molar-refractivity contribution in [2.75, 3.05) is 0 Å². The number of furan rings is 2. The summed E-state index contributed by atoms with van der Waals surface area (Å²) in [6, 6.07) is 59.3. The maximum atomic E-state index is 6.87. The number of benzene rings is 9. The van der Waals surface area contributed by atoms with Crippen molar-refractivity contribution in [2.45, 2.75) is 0 Å². The van der Waals surface area contributed by atoms with Crippen molar-refractivity contribution in [1.82, 2.24) is 0 Å². The lowest BCUT2D eigenvalue weighted by Gasteiger charge is -2.18. The number of fused-ring (bicyclic) bond motifs is 11. The van der Waals surface area contributed by atoms with E-state index in [1.54, 1.807) is 0 Å². The van der Waals surface area contributed by atoms with Gasteiger partial charge in [0.25, 0.3) is 0 Å². The molecule has 0 aliphatic rings. The first-order chi connectivity index (χ1) is 26.3. The third-order valence-corrected chi connectivity index (χ3v) is 12.3. The Balaban J connectivity index is 1.10. The molecule has 0 aliphatic heterocycles. The molecular weight excluding hydrogens is 665 g/mol. The molecule has 9 aromatic carbocycles. The van der Waals surface area contributed by atoms with Gasteiger partial charge in [0.1, 0.15) is 16.7 Å². The zero-order valence-corrected chi connectivity index (χ0v) is 29.2. The van der Waals surface area contributed by atoms with E-state index in [2.05, 4.69) is 164 Å². The molecule has 0 unspecified atom stereocenters. The van der Waals surface area contributed by atoms with Crippen LogP contribution in [0.2, 0.25) is 0 Å². The van der Waals surface area contributed by atoms with Gasteiger partial charge in [-0.25, -0.2) is 0 Å². The molecule has 3 aromatic heterocycles. The average molecular weight is 693 g/mol. The van der Waals surface area contributed by atoms with Gasteiger partial charge in [0, 0.05) is 36.5 Å². The van der Waals surface area contributed by atoms with E-state index in [4.69, 9.17) is 8.83 Å². The Hall–Kier alpha value is -6.68. The second-order valence-corrected chi connectivity index (χ2v) is 15.0. The molecule has 3 heterocycles. The van der Waals surface area contributed by atoms with Crippen molar-refractivity contribution in [3.8, 4) is 33.4 Å². The highest BCUT2D eigenvalue weighted by atomic mass is 32.1. The zero-order chi connectivity index (χ0) is 34.6. The van der Waals surface area contributed by atoms with Crippen molar-refractivity contribution < 1.29 is 8.83 Å². The van der Waals surface area contributed by atoms with E-state index in [-0.39, 0.29) is 0 Å². The predicted octanol–water partition coefficient (Wildman–Crippen LogP) is 15.2. The standard InChI is InChI=1S/C50H28O2S/c1-2-11-30-26-31(21-20-29(30)10-1)41-28-51-42-25-24-38-33-23-22-32(27-43(33)52-50(38)49(41)42)46-34-12-3-5-14-36(34)47(37-15-6-4-13-35(37)46)40-17-9-19-45-48(40)39-16-7-8-18-44(39)53-45/h1-28H. The van der Waals surface area contributed by atoms with Gasteiger partial charge in [-0.05, 0) is 103 Å². The van der Waals surface area contributed by atoms with E-state index in [1.165, 1.54) is 69.2 Å². The molecule has 3 heteroatoms. The molecule has 12 rings (SSSR count). The summed E-state index contributed by atoms with van der Waals surface area (Å²) in [7, 11) is 0. The SMILES string of the molecule is c1ccc2cc(-c3coc4ccc5c6ccc(-c7c8ccccc8c(-c8cccc9sc%10ccccc%10c89)c8ccccc78)cc6oc5c34)ccc2c1. The normalized spacial score (nSPS) is 12.2. The van der Waals surface area contributed by atoms with Crippen molar-refractivity contribution in [2.24, 2.45) is 0 Å². The third-order valence-electron chi connectivity index (χ3n) is 11.1. The van der Waals surface area contributed by atoms with Crippen molar-refractivity contribution in [1.29, 1.82) is 0 Å². The van der Waals surface area contributed by atoms with Crippen LogP contribution in [0.3, 0.4) is 0 Å². The molecule has 12 aromatic rings. The van der Waals surface area contributed by atoms with Gasteiger partial charge in [-0.1, -0.05) is 121 Å². The van der Waals surface area contributed by atoms with Crippen LogP contribution in [-0.4, -0.2) is 0 Å². The average Bonchev–Trinajstić information content (AvgIpc) is 3.93. The van der Waals surface area contributed by atoms with Crippen molar-refractivity contribution >= 4 is 96.7 Å². The lowest BCUT2D eigenvalue weighted by molar-refractivity contribution is 0.616. The quantitative estimate of drug-likeness (QED) is 0.172. The second kappa shape index (κ2) is 10.9. The molecule has 0 radical (unpaired) electrons. The molecule has 0 bridgehead atoms. The molecule has 246 valence electrons. The highest BCUT2D eigenvalue weighted by Crippen LogP contribution is 2.49. The molecule has 0 saturated heterocycles. The van der Waals surface area contributed by atoms with Gasteiger partial charge < -0.3 is 8.83 Å². The fraction of sp³-hybridized carbons (Fsp3) is 0. The molecule has 0 fully saturated rings. The first-order valence-electron chi connectivity index (χ1n) is 18.0. The molecule has 0 N–H and O–H groups in total. The minimum Gasteiger partial charge on any atom is -0.464 e. The first-order valence-corrected chi connectivity index (χ1v) is 18.8. The molecular formula is C50H28O2S. The van der Waals surface area contributed by atoms with Gasteiger partial charge in [0.2, 0.25) is 0 Å². The fourth-order valence-corrected chi connectivity index (χ4v) is 9.93. The first kappa shape index (κ1) is 29.0. The van der Waals surface area contributed by atoms with Crippen LogP contribution < -0.4 is 0 Å². The summed E-state index contributed by atoms with van der Waals surface area (Å²) in [5.41, 5.74) is 9.59. The highest BCUT2D eigenvalue weighted by Gasteiger charge is 2.22. The van der Waals surface area contributed by atoms with Crippen LogP contribution in [0.1, 0.15) is 0 Å². The predicted molar refractivity (Wildman–Crippen MR) is 225 cm³/mol. The molecule has 0 aliphatic carbocycles. The lowest BCUT2D eigenvalue weighted by Crippen LogP contribution is -1.91. The Labute approximate surface area is 307 Å². The summed E-state index contributed by atoms with van der Waals surface area (Å²) in [5.74, 6) is 0. The van der Waals surface area contributed by atoms with Crippen molar-refractivity contribution in [3.63, 3.8) is 0 Å². The molecule has 0 saturated carbocycles. The van der Waals surface area contributed by atoms with Crippen LogP contribution in [0.5, 0.6) is 0 Å². The Kier molecular flexibility index (Phi) is 5.96. The maximum Gasteiger partial charge on any atom is 0.147 e. The van der Waals surface area contributed by atoms with Gasteiger partial charge in [0.15, 0.2) is 0 Å². The summed E-state index contributed by atoms with van der Waals surface area (Å²) in [4.78, 5) is 0. The van der Waals surface area contributed by atoms with Gasteiger partial charge in [-0.2, -0.15) is 0 Å². The Morgan fingerprint density at radius 2 is 1.04 bits per heavy atom. The Bertz CT molecular complexity index is 3410. The van der Waals surface area contributed by atoms with Gasteiger partial charge in [-0.3, -0.25) is 0 Å². The third kappa shape index (κ3) is 4.14. The van der Waals surface area contributed by atoms with Crippen LogP contribution in [0, 0.1) is 0 Å². The monoisotopic (exact) mass is 692 g/mol. The smallest absolute Gasteiger partial charge is 0.147 e. The highest BCUT2D eigenvalue weighted by molar-refractivity contribution is 7.26. The minimum atomic E-state index is 0.820. The van der Waals surface area contributed by atoms with Crippen LogP contribution in [0.25, 0.3) is 119 Å². The lowest BCUT2D eigenvalue weighted by atomic mass is 9.85. The largest absolute Gasteiger partial charge is 0.464 e. The van der Waals surface area contributed by atoms with E-state index < -0.39 is 0 Å². The number of rotatable bonds is 3. The van der Waals surface area contributed by atoms with Crippen LogP contribution >= 0.6 is 11.3 Å². The van der Waals surface area contributed by atoms with E-state index in [0.29, 0.717) is 0 Å².